The highest BCUT2D eigenvalue weighted by molar-refractivity contribution is 14.1. The van der Waals surface area contributed by atoms with Crippen molar-refractivity contribution in [1.29, 1.82) is 0 Å². The number of carbonyl (C=O) groups excluding carboxylic acids is 5. The summed E-state index contributed by atoms with van der Waals surface area (Å²) in [7, 11) is 1.39. The van der Waals surface area contributed by atoms with Gasteiger partial charge in [0.25, 0.3) is 17.6 Å². The largest absolute Gasteiger partial charge is 0.507 e. The van der Waals surface area contributed by atoms with Crippen LogP contribution in [-0.4, -0.2) is 93.2 Å². The van der Waals surface area contributed by atoms with E-state index in [9.17, 15) is 44.4 Å². The first-order valence-corrected chi connectivity index (χ1v) is 20.7. The van der Waals surface area contributed by atoms with Crippen LogP contribution in [0.25, 0.3) is 10.8 Å². The molecule has 3 aromatic carbocycles. The van der Waals surface area contributed by atoms with Gasteiger partial charge in [0.15, 0.2) is 18.1 Å². The Morgan fingerprint density at radius 3 is 2.29 bits per heavy atom. The van der Waals surface area contributed by atoms with Gasteiger partial charge < -0.3 is 54.7 Å². The van der Waals surface area contributed by atoms with Gasteiger partial charge in [-0.25, -0.2) is 0 Å². The Hall–Kier alpha value is -5.50. The number of hydrogen-bond donors (Lipinski definition) is 6. The van der Waals surface area contributed by atoms with E-state index in [2.05, 4.69) is 33.2 Å². The number of methoxy groups -OCH3 is 1. The Morgan fingerprint density at radius 2 is 1.66 bits per heavy atom. The van der Waals surface area contributed by atoms with Gasteiger partial charge in [0, 0.05) is 70.6 Å². The number of carbonyl (C=O) groups is 5. The van der Waals surface area contributed by atoms with Crippen molar-refractivity contribution in [3.8, 4) is 23.0 Å². The maximum Gasteiger partial charge on any atom is 0.312 e. The van der Waals surface area contributed by atoms with Crippen LogP contribution in [0.15, 0.2) is 66.5 Å². The molecule has 5 bridgehead atoms. The smallest absolute Gasteiger partial charge is 0.312 e. The average Bonchev–Trinajstić information content (AvgIpc) is 3.48. The number of ether oxygens (including phenoxy) is 5. The van der Waals surface area contributed by atoms with Gasteiger partial charge in [-0.1, -0.05) is 32.9 Å². The molecule has 3 aromatic rings. The molecular formula is C45H51IN2O14. The van der Waals surface area contributed by atoms with Gasteiger partial charge in [-0.2, -0.15) is 0 Å². The molecule has 17 heteroatoms. The highest BCUT2D eigenvalue weighted by Crippen LogP contribution is 2.54. The fourth-order valence-corrected chi connectivity index (χ4v) is 7.87. The van der Waals surface area contributed by atoms with Crippen LogP contribution in [0.1, 0.15) is 64.4 Å². The maximum atomic E-state index is 14.5. The third kappa shape index (κ3) is 9.75. The van der Waals surface area contributed by atoms with Crippen LogP contribution in [0.5, 0.6) is 23.0 Å². The minimum absolute atomic E-state index is 0.0288. The summed E-state index contributed by atoms with van der Waals surface area (Å²) in [5, 5.41) is 50.9. The number of phenols is 2. The number of anilines is 2. The lowest BCUT2D eigenvalue weighted by atomic mass is 9.78. The van der Waals surface area contributed by atoms with E-state index in [1.807, 2.05) is 0 Å². The van der Waals surface area contributed by atoms with Crippen molar-refractivity contribution in [2.75, 3.05) is 24.4 Å². The Balaban J connectivity index is 1.67. The lowest BCUT2D eigenvalue weighted by Gasteiger charge is -2.37. The van der Waals surface area contributed by atoms with Crippen molar-refractivity contribution < 1.29 is 68.1 Å². The van der Waals surface area contributed by atoms with Gasteiger partial charge in [0.1, 0.15) is 29.0 Å². The first-order chi connectivity index (χ1) is 29.0. The molecule has 2 amide bonds. The lowest BCUT2D eigenvalue weighted by molar-refractivity contribution is -0.160. The summed E-state index contributed by atoms with van der Waals surface area (Å²) in [4.78, 5) is 67.2. The summed E-state index contributed by atoms with van der Waals surface area (Å²) >= 11 is 2.12. The number of benzene rings is 3. The molecule has 8 atom stereocenters. The van der Waals surface area contributed by atoms with Gasteiger partial charge in [-0.3, -0.25) is 24.0 Å². The standard InChI is InChI=1S/C45H51IN2O14/c1-21-11-10-17-44(7,57)41(54)25(5)36(51)23(3)39(61-26(6)49)22(2)30(58-9)16-18-60-45(8)42(55)35-33-31(59-20-32(50)47-28-14-12-27(46)13-15-28)19-29(48-43(21)56)38(53)34(33)37(52)24(4)40(35)62-45/h10-19,22-23,25,30,36,39,51-53,57H,20H2,1-9H3,(H,47,50)(H,48,56)/b17-10-,18-16?,21-11-/t22-,23-,25+,30+,36+,39-,44-,45+/m1/s1. The summed E-state index contributed by atoms with van der Waals surface area (Å²) in [5.74, 6) is -9.89. The molecule has 6 N–H and O–H groups in total. The number of rotatable bonds is 6. The maximum absolute atomic E-state index is 14.5. The van der Waals surface area contributed by atoms with Crippen molar-refractivity contribution in [2.24, 2.45) is 17.8 Å². The summed E-state index contributed by atoms with van der Waals surface area (Å²) in [6.07, 6.45) is 2.96. The van der Waals surface area contributed by atoms with Crippen LogP contribution < -0.4 is 20.1 Å². The predicted octanol–water partition coefficient (Wildman–Crippen LogP) is 5.99. The second-order valence-corrected chi connectivity index (χ2v) is 17.1. The number of aromatic hydroxyl groups is 2. The van der Waals surface area contributed by atoms with Crippen LogP contribution in [0.2, 0.25) is 0 Å². The number of nitrogens with one attached hydrogen (secondary N) is 2. The summed E-state index contributed by atoms with van der Waals surface area (Å²) in [6, 6.07) is 8.17. The predicted molar refractivity (Wildman–Crippen MR) is 236 cm³/mol. The number of amides is 2. The highest BCUT2D eigenvalue weighted by atomic mass is 127. The van der Waals surface area contributed by atoms with E-state index in [0.29, 0.717) is 5.69 Å². The normalized spacial score (nSPS) is 28.4. The number of ketones is 2. The molecule has 0 radical (unpaired) electrons. The fraction of sp³-hybridized carbons (Fsp3) is 0.400. The average molecular weight is 971 g/mol. The number of aliphatic hydroxyl groups is 2. The Morgan fingerprint density at radius 1 is 1.00 bits per heavy atom. The second-order valence-electron chi connectivity index (χ2n) is 15.8. The zero-order valence-corrected chi connectivity index (χ0v) is 37.9. The number of Topliss-reactive ketones (excluding diaryl/α,β-unsaturated/α-hetero) is 2. The third-order valence-corrected chi connectivity index (χ3v) is 11.8. The molecule has 0 fully saturated rings. The van der Waals surface area contributed by atoms with Crippen LogP contribution in [-0.2, 0) is 33.4 Å². The molecule has 0 spiro atoms. The van der Waals surface area contributed by atoms with E-state index in [0.717, 1.165) is 15.9 Å². The number of esters is 1. The SMILES string of the molecule is CO[C@H]1C=CO[C@@]2(C)Oc3c(C)c(O)c4c(O)c(cc(OCC(=O)Nc5ccc(I)cc5)c4c3C2=O)NC(=O)/C(C)=C\C=C/[C@@](C)(O)C(=O)[C@@H](C)[C@@H](O)[C@@H](C)[C@H](OC(C)=O)[C@@H]1C. The van der Waals surface area contributed by atoms with Crippen molar-refractivity contribution in [2.45, 2.75) is 85.1 Å². The van der Waals surface area contributed by atoms with Crippen LogP contribution >= 0.6 is 22.6 Å². The fourth-order valence-electron chi connectivity index (χ4n) is 7.51. The summed E-state index contributed by atoms with van der Waals surface area (Å²) < 4.78 is 30.5. The Labute approximate surface area is 372 Å². The van der Waals surface area contributed by atoms with Crippen LogP contribution in [0, 0.1) is 28.2 Å². The topological polar surface area (TPSA) is 236 Å². The molecule has 62 heavy (non-hydrogen) atoms. The first kappa shape index (κ1) is 47.5. The molecule has 3 aliphatic heterocycles. The molecule has 0 saturated heterocycles. The minimum atomic E-state index is -2.13. The number of hydrogen-bond acceptors (Lipinski definition) is 14. The van der Waals surface area contributed by atoms with E-state index in [1.54, 1.807) is 38.1 Å². The zero-order valence-electron chi connectivity index (χ0n) is 35.7. The van der Waals surface area contributed by atoms with Gasteiger partial charge in [-0.05, 0) is 79.8 Å². The van der Waals surface area contributed by atoms with Crippen molar-refractivity contribution in [1.82, 2.24) is 0 Å². The van der Waals surface area contributed by atoms with Gasteiger partial charge >= 0.3 is 11.8 Å². The first-order valence-electron chi connectivity index (χ1n) is 19.7. The molecule has 0 aliphatic carbocycles. The molecule has 3 aliphatic rings. The number of phenolic OH excluding ortho intramolecular Hbond substituents is 2. The highest BCUT2D eigenvalue weighted by Gasteiger charge is 2.50. The van der Waals surface area contributed by atoms with E-state index in [1.165, 1.54) is 72.9 Å². The molecular weight excluding hydrogens is 919 g/mol. The molecule has 0 aromatic heterocycles. The quantitative estimate of drug-likeness (QED) is 0.0946. The molecule has 6 rings (SSSR count). The number of halogens is 1. The molecule has 332 valence electrons. The zero-order chi connectivity index (χ0) is 46.0. The van der Waals surface area contributed by atoms with Crippen molar-refractivity contribution >= 4 is 74.1 Å². The number of aliphatic hydroxyl groups excluding tert-OH is 1. The molecule has 0 unspecified atom stereocenters. The monoisotopic (exact) mass is 970 g/mol. The van der Waals surface area contributed by atoms with Crippen LogP contribution in [0.4, 0.5) is 11.4 Å². The number of fused-ring (bicyclic) bond motifs is 14. The number of allylic oxidation sites excluding steroid dienone is 2. The molecule has 0 saturated carbocycles. The minimum Gasteiger partial charge on any atom is -0.507 e. The van der Waals surface area contributed by atoms with Gasteiger partial charge in [0.05, 0.1) is 35.1 Å². The van der Waals surface area contributed by atoms with Gasteiger partial charge in [-0.15, -0.1) is 0 Å². The third-order valence-electron chi connectivity index (χ3n) is 11.1. The molecule has 3 heterocycles. The summed E-state index contributed by atoms with van der Waals surface area (Å²) in [5.41, 5.74) is -2.01. The van der Waals surface area contributed by atoms with E-state index < -0.39 is 94.9 Å². The van der Waals surface area contributed by atoms with Crippen LogP contribution in [0.3, 0.4) is 0 Å². The van der Waals surface area contributed by atoms with Crippen molar-refractivity contribution in [3.63, 3.8) is 0 Å². The second kappa shape index (κ2) is 18.9. The summed E-state index contributed by atoms with van der Waals surface area (Å²) in [6.45, 7) is 10.7. The van der Waals surface area contributed by atoms with Gasteiger partial charge in [0.2, 0.25) is 0 Å². The van der Waals surface area contributed by atoms with E-state index >= 15 is 0 Å². The lowest BCUT2D eigenvalue weighted by Crippen LogP contribution is -2.48. The Kier molecular flexibility index (Phi) is 14.5. The van der Waals surface area contributed by atoms with E-state index in [4.69, 9.17) is 23.7 Å². The Bertz CT molecular complexity index is 2370. The van der Waals surface area contributed by atoms with E-state index in [-0.39, 0.29) is 44.7 Å². The van der Waals surface area contributed by atoms with Crippen molar-refractivity contribution in [3.05, 3.63) is 81.2 Å². The molecule has 16 nitrogen and oxygen atoms in total.